The Bertz CT molecular complexity index is 378. The van der Waals surface area contributed by atoms with Crippen LogP contribution in [0.25, 0.3) is 0 Å². The number of nitrogens with zero attached hydrogens (tertiary/aromatic N) is 1. The molecule has 0 fully saturated rings. The van der Waals surface area contributed by atoms with E-state index in [9.17, 15) is 4.79 Å². The Balaban J connectivity index is 2.26. The molecular formula is C11H15N3O. The number of fused-ring (bicyclic) bond motifs is 1. The van der Waals surface area contributed by atoms with Crippen LogP contribution < -0.4 is 10.6 Å². The minimum absolute atomic E-state index is 0.0323. The quantitative estimate of drug-likeness (QED) is 0.774. The van der Waals surface area contributed by atoms with Gasteiger partial charge >= 0.3 is 0 Å². The summed E-state index contributed by atoms with van der Waals surface area (Å²) in [6.45, 7) is 4.14. The van der Waals surface area contributed by atoms with Crippen LogP contribution in [0.15, 0.2) is 18.3 Å². The summed E-state index contributed by atoms with van der Waals surface area (Å²) in [4.78, 5) is 16.0. The first-order valence-electron chi connectivity index (χ1n) is 5.24. The number of rotatable bonds is 2. The van der Waals surface area contributed by atoms with E-state index in [1.54, 1.807) is 6.20 Å². The third kappa shape index (κ3) is 1.79. The molecule has 1 aliphatic heterocycles. The molecule has 0 saturated heterocycles. The van der Waals surface area contributed by atoms with Crippen molar-refractivity contribution in [3.8, 4) is 0 Å². The molecule has 0 bridgehead atoms. The van der Waals surface area contributed by atoms with E-state index < -0.39 is 0 Å². The zero-order valence-electron chi connectivity index (χ0n) is 8.95. The fourth-order valence-corrected chi connectivity index (χ4v) is 1.68. The second-order valence-electron chi connectivity index (χ2n) is 3.90. The van der Waals surface area contributed by atoms with E-state index in [0.717, 1.165) is 17.9 Å². The number of anilines is 2. The second kappa shape index (κ2) is 3.88. The Labute approximate surface area is 89.1 Å². The maximum Gasteiger partial charge on any atom is 0.247 e. The smallest absolute Gasteiger partial charge is 0.247 e. The van der Waals surface area contributed by atoms with Gasteiger partial charge in [-0.3, -0.25) is 4.79 Å². The number of nitrogens with one attached hydrogen (secondary N) is 2. The second-order valence-corrected chi connectivity index (χ2v) is 3.90. The number of aromatic nitrogens is 1. The zero-order valence-corrected chi connectivity index (χ0v) is 8.95. The van der Waals surface area contributed by atoms with Crippen molar-refractivity contribution in [2.75, 3.05) is 10.6 Å². The fourth-order valence-electron chi connectivity index (χ4n) is 1.68. The van der Waals surface area contributed by atoms with Crippen molar-refractivity contribution in [1.29, 1.82) is 0 Å². The molecular weight excluding hydrogens is 190 g/mol. The van der Waals surface area contributed by atoms with Gasteiger partial charge in [0.2, 0.25) is 5.91 Å². The van der Waals surface area contributed by atoms with Crippen LogP contribution in [-0.4, -0.2) is 16.9 Å². The largest absolute Gasteiger partial charge is 0.356 e. The van der Waals surface area contributed by atoms with Crippen LogP contribution in [0.5, 0.6) is 0 Å². The molecule has 4 nitrogen and oxygen atoms in total. The third-order valence-corrected chi connectivity index (χ3v) is 2.85. The number of hydrogen-bond acceptors (Lipinski definition) is 3. The Kier molecular flexibility index (Phi) is 2.58. The Morgan fingerprint density at radius 2 is 2.40 bits per heavy atom. The van der Waals surface area contributed by atoms with Crippen LogP contribution >= 0.6 is 0 Å². The molecule has 1 unspecified atom stereocenters. The summed E-state index contributed by atoms with van der Waals surface area (Å²) in [6.07, 6.45) is 2.68. The van der Waals surface area contributed by atoms with Crippen LogP contribution in [-0.2, 0) is 4.79 Å². The summed E-state index contributed by atoms with van der Waals surface area (Å²) in [7, 11) is 0. The monoisotopic (exact) mass is 205 g/mol. The molecule has 1 aliphatic rings. The van der Waals surface area contributed by atoms with Crippen molar-refractivity contribution in [2.24, 2.45) is 5.92 Å². The average Bonchev–Trinajstić information content (AvgIpc) is 2.27. The number of carbonyl (C=O) groups is 1. The van der Waals surface area contributed by atoms with Crippen molar-refractivity contribution in [1.82, 2.24) is 4.98 Å². The van der Waals surface area contributed by atoms with E-state index in [0.29, 0.717) is 5.92 Å². The van der Waals surface area contributed by atoms with E-state index in [4.69, 9.17) is 0 Å². The molecule has 2 N–H and O–H groups in total. The molecule has 0 saturated carbocycles. The molecule has 0 radical (unpaired) electrons. The number of carbonyl (C=O) groups excluding carboxylic acids is 1. The van der Waals surface area contributed by atoms with Crippen molar-refractivity contribution in [3.63, 3.8) is 0 Å². The summed E-state index contributed by atoms with van der Waals surface area (Å²) < 4.78 is 0. The van der Waals surface area contributed by atoms with Crippen LogP contribution in [0.3, 0.4) is 0 Å². The lowest BCUT2D eigenvalue weighted by Gasteiger charge is -2.29. The van der Waals surface area contributed by atoms with Crippen molar-refractivity contribution >= 4 is 17.4 Å². The summed E-state index contributed by atoms with van der Waals surface area (Å²) in [5, 5.41) is 6.04. The third-order valence-electron chi connectivity index (χ3n) is 2.85. The fraction of sp³-hybridized carbons (Fsp3) is 0.455. The highest BCUT2D eigenvalue weighted by molar-refractivity contribution is 6.02. The molecule has 80 valence electrons. The van der Waals surface area contributed by atoms with Gasteiger partial charge in [0.25, 0.3) is 0 Å². The molecule has 1 aromatic heterocycles. The van der Waals surface area contributed by atoms with Gasteiger partial charge in [-0.25, -0.2) is 4.98 Å². The molecule has 0 aromatic carbocycles. The lowest BCUT2D eigenvalue weighted by Crippen LogP contribution is -2.43. The van der Waals surface area contributed by atoms with E-state index >= 15 is 0 Å². The Morgan fingerprint density at radius 3 is 3.13 bits per heavy atom. The van der Waals surface area contributed by atoms with E-state index in [1.807, 2.05) is 12.1 Å². The van der Waals surface area contributed by atoms with Gasteiger partial charge in [0.05, 0.1) is 5.69 Å². The van der Waals surface area contributed by atoms with Gasteiger partial charge in [-0.1, -0.05) is 20.3 Å². The topological polar surface area (TPSA) is 54.0 Å². The standard InChI is InChI=1S/C11H15N3O/c1-3-7(2)9-11(15)13-8-5-4-6-12-10(8)14-9/h4-7,9H,3H2,1-2H3,(H,12,14)(H,13,15)/t7?,9-/m0/s1. The highest BCUT2D eigenvalue weighted by Crippen LogP contribution is 2.26. The predicted octanol–water partition coefficient (Wildman–Crippen LogP) is 1.86. The molecule has 1 amide bonds. The summed E-state index contributed by atoms with van der Waals surface area (Å²) in [6, 6.07) is 3.49. The maximum absolute atomic E-state index is 11.8. The molecule has 1 aromatic rings. The van der Waals surface area contributed by atoms with Crippen molar-refractivity contribution in [3.05, 3.63) is 18.3 Å². The normalized spacial score (nSPS) is 21.2. The lowest BCUT2D eigenvalue weighted by atomic mass is 9.97. The van der Waals surface area contributed by atoms with Gasteiger partial charge < -0.3 is 10.6 Å². The van der Waals surface area contributed by atoms with E-state index in [1.165, 1.54) is 0 Å². The molecule has 0 aliphatic carbocycles. The first-order valence-corrected chi connectivity index (χ1v) is 5.24. The first-order chi connectivity index (χ1) is 7.22. The van der Waals surface area contributed by atoms with Gasteiger partial charge in [0.15, 0.2) is 0 Å². The Morgan fingerprint density at radius 1 is 1.60 bits per heavy atom. The van der Waals surface area contributed by atoms with Gasteiger partial charge in [-0.05, 0) is 18.1 Å². The zero-order chi connectivity index (χ0) is 10.8. The van der Waals surface area contributed by atoms with E-state index in [2.05, 4.69) is 29.5 Å². The van der Waals surface area contributed by atoms with Crippen LogP contribution in [0.1, 0.15) is 20.3 Å². The number of hydrogen-bond donors (Lipinski definition) is 2. The van der Waals surface area contributed by atoms with Gasteiger partial charge in [-0.2, -0.15) is 0 Å². The lowest BCUT2D eigenvalue weighted by molar-refractivity contribution is -0.118. The first kappa shape index (κ1) is 9.96. The SMILES string of the molecule is CCC(C)[C@@H]1Nc2ncccc2NC1=O. The highest BCUT2D eigenvalue weighted by atomic mass is 16.2. The predicted molar refractivity (Wildman–Crippen MR) is 59.7 cm³/mol. The van der Waals surface area contributed by atoms with E-state index in [-0.39, 0.29) is 11.9 Å². The van der Waals surface area contributed by atoms with Crippen molar-refractivity contribution < 1.29 is 4.79 Å². The van der Waals surface area contributed by atoms with Gasteiger partial charge in [0, 0.05) is 6.20 Å². The summed E-state index contributed by atoms with van der Waals surface area (Å²) >= 11 is 0. The minimum Gasteiger partial charge on any atom is -0.356 e. The van der Waals surface area contributed by atoms with Crippen LogP contribution in [0.4, 0.5) is 11.5 Å². The van der Waals surface area contributed by atoms with Gasteiger partial charge in [-0.15, -0.1) is 0 Å². The van der Waals surface area contributed by atoms with Gasteiger partial charge in [0.1, 0.15) is 11.9 Å². The summed E-state index contributed by atoms with van der Waals surface area (Å²) in [5.41, 5.74) is 0.766. The maximum atomic E-state index is 11.8. The Hall–Kier alpha value is -1.58. The molecule has 2 heterocycles. The average molecular weight is 205 g/mol. The molecule has 0 spiro atoms. The number of amides is 1. The minimum atomic E-state index is -0.169. The molecule has 15 heavy (non-hydrogen) atoms. The van der Waals surface area contributed by atoms with Crippen molar-refractivity contribution in [2.45, 2.75) is 26.3 Å². The molecule has 2 rings (SSSR count). The number of pyridine rings is 1. The molecule has 4 heteroatoms. The van der Waals surface area contributed by atoms with Crippen LogP contribution in [0, 0.1) is 5.92 Å². The highest BCUT2D eigenvalue weighted by Gasteiger charge is 2.29. The molecule has 2 atom stereocenters. The summed E-state index contributed by atoms with van der Waals surface area (Å²) in [5.74, 6) is 1.10. The van der Waals surface area contributed by atoms with Crippen LogP contribution in [0.2, 0.25) is 0 Å².